The van der Waals surface area contributed by atoms with Crippen LogP contribution in [0.4, 0.5) is 16.0 Å². The average molecular weight is 423 g/mol. The van der Waals surface area contributed by atoms with Gasteiger partial charge in [-0.1, -0.05) is 24.3 Å². The number of aromatic nitrogens is 7. The topological polar surface area (TPSA) is 112 Å². The van der Waals surface area contributed by atoms with Gasteiger partial charge in [0.05, 0.1) is 30.4 Å². The fourth-order valence-corrected chi connectivity index (χ4v) is 3.39. The molecule has 0 atom stereocenters. The summed E-state index contributed by atoms with van der Waals surface area (Å²) in [6, 6.07) is 12.4. The van der Waals surface area contributed by atoms with E-state index in [2.05, 4.69) is 34.9 Å². The molecule has 0 fully saturated rings. The van der Waals surface area contributed by atoms with Gasteiger partial charge in [0.25, 0.3) is 0 Å². The summed E-state index contributed by atoms with van der Waals surface area (Å²) in [6.07, 6.45) is 4.36. The van der Waals surface area contributed by atoms with Crippen LogP contribution in [0.15, 0.2) is 61.2 Å². The molecular weight excluding hydrogens is 409 g/mol. The van der Waals surface area contributed by atoms with Crippen molar-refractivity contribution in [2.24, 2.45) is 0 Å². The molecule has 32 heavy (non-hydrogen) atoms. The van der Waals surface area contributed by atoms with E-state index in [4.69, 9.17) is 12.3 Å². The highest BCUT2D eigenvalue weighted by Crippen LogP contribution is 2.36. The van der Waals surface area contributed by atoms with Gasteiger partial charge in [-0.15, -0.1) is 5.10 Å². The van der Waals surface area contributed by atoms with Gasteiger partial charge in [0, 0.05) is 11.9 Å². The molecule has 0 bridgehead atoms. The monoisotopic (exact) mass is 423 g/mol. The number of hydrogen-bond acceptors (Lipinski definition) is 7. The van der Waals surface area contributed by atoms with Gasteiger partial charge in [0.2, 0.25) is 5.95 Å². The molecule has 2 N–H and O–H groups in total. The van der Waals surface area contributed by atoms with Crippen LogP contribution in [0.3, 0.4) is 0 Å². The highest BCUT2D eigenvalue weighted by atomic mass is 19.1. The molecule has 4 heterocycles. The molecule has 5 rings (SSSR count). The van der Waals surface area contributed by atoms with E-state index in [1.807, 2.05) is 18.2 Å². The first-order valence-electron chi connectivity index (χ1n) is 9.53. The first kappa shape index (κ1) is 19.2. The maximum atomic E-state index is 14.8. The molecule has 0 aliphatic heterocycles. The number of benzene rings is 1. The van der Waals surface area contributed by atoms with Crippen molar-refractivity contribution in [2.45, 2.75) is 6.42 Å². The third-order valence-electron chi connectivity index (χ3n) is 4.77. The summed E-state index contributed by atoms with van der Waals surface area (Å²) in [5.41, 5.74) is 8.92. The van der Waals surface area contributed by atoms with Crippen LogP contribution in [0.1, 0.15) is 11.5 Å². The lowest BCUT2D eigenvalue weighted by Gasteiger charge is -2.12. The zero-order chi connectivity index (χ0) is 22.1. The van der Waals surface area contributed by atoms with Gasteiger partial charge in [-0.05, 0) is 23.8 Å². The highest BCUT2D eigenvalue weighted by Gasteiger charge is 2.23. The van der Waals surface area contributed by atoms with E-state index in [1.165, 1.54) is 10.8 Å². The molecule has 0 saturated carbocycles. The van der Waals surface area contributed by atoms with Crippen molar-refractivity contribution in [3.8, 4) is 22.5 Å². The predicted molar refractivity (Wildman–Crippen MR) is 115 cm³/mol. The number of nitrogens with zero attached hydrogens (tertiary/aromatic N) is 8. The molecule has 10 heteroatoms. The molecule has 0 aliphatic rings. The molecule has 0 spiro atoms. The van der Waals surface area contributed by atoms with Crippen LogP contribution >= 0.6 is 0 Å². The van der Waals surface area contributed by atoms with Crippen LogP contribution in [-0.4, -0.2) is 34.5 Å². The van der Waals surface area contributed by atoms with Crippen molar-refractivity contribution < 1.29 is 4.39 Å². The van der Waals surface area contributed by atoms with Crippen molar-refractivity contribution in [1.29, 1.82) is 0 Å². The maximum absolute atomic E-state index is 14.8. The Morgan fingerprint density at radius 1 is 1.06 bits per heavy atom. The maximum Gasteiger partial charge on any atom is 0.223 e. The summed E-state index contributed by atoms with van der Waals surface area (Å²) in [4.78, 5) is 24.7. The predicted octanol–water partition coefficient (Wildman–Crippen LogP) is 3.51. The van der Waals surface area contributed by atoms with Gasteiger partial charge in [-0.3, -0.25) is 4.98 Å². The van der Waals surface area contributed by atoms with Crippen molar-refractivity contribution in [3.63, 3.8) is 0 Å². The van der Waals surface area contributed by atoms with Crippen molar-refractivity contribution in [1.82, 2.24) is 34.5 Å². The average Bonchev–Trinajstić information content (AvgIpc) is 3.24. The quantitative estimate of drug-likeness (QED) is 0.440. The number of anilines is 1. The molecule has 0 saturated heterocycles. The van der Waals surface area contributed by atoms with E-state index in [-0.39, 0.29) is 11.6 Å². The standard InChI is InChI=1S/C22H14FN9/c1-25-14-7-4-5-13(9-14)19-18(20-16(23)11-26-12-28-20)21-29-17(31-32(21)22(24)30-19)10-15-6-2-3-8-27-15/h2-9,11-12H,10H2,(H2,24,30). The summed E-state index contributed by atoms with van der Waals surface area (Å²) < 4.78 is 16.2. The number of halogens is 1. The van der Waals surface area contributed by atoms with Crippen LogP contribution in [0, 0.1) is 12.4 Å². The molecule has 0 unspecified atom stereocenters. The number of nitrogen functional groups attached to an aromatic ring is 1. The lowest BCUT2D eigenvalue weighted by molar-refractivity contribution is 0.618. The van der Waals surface area contributed by atoms with E-state index in [1.54, 1.807) is 30.5 Å². The third kappa shape index (κ3) is 3.37. The summed E-state index contributed by atoms with van der Waals surface area (Å²) >= 11 is 0. The minimum Gasteiger partial charge on any atom is -0.368 e. The van der Waals surface area contributed by atoms with Crippen LogP contribution in [-0.2, 0) is 6.42 Å². The van der Waals surface area contributed by atoms with Crippen molar-refractivity contribution in [3.05, 3.63) is 89.9 Å². The molecule has 5 aromatic rings. The van der Waals surface area contributed by atoms with Gasteiger partial charge < -0.3 is 5.73 Å². The Kier molecular flexibility index (Phi) is 4.68. The van der Waals surface area contributed by atoms with Crippen LogP contribution in [0.5, 0.6) is 0 Å². The Labute approximate surface area is 181 Å². The zero-order valence-electron chi connectivity index (χ0n) is 16.5. The van der Waals surface area contributed by atoms with Gasteiger partial charge in [0.1, 0.15) is 12.0 Å². The molecule has 0 amide bonds. The fraction of sp³-hybridized carbons (Fsp3) is 0.0455. The molecule has 1 aromatic carbocycles. The normalized spacial score (nSPS) is 10.9. The molecule has 4 aromatic heterocycles. The van der Waals surface area contributed by atoms with E-state index >= 15 is 0 Å². The highest BCUT2D eigenvalue weighted by molar-refractivity contribution is 5.90. The van der Waals surface area contributed by atoms with Crippen molar-refractivity contribution in [2.75, 3.05) is 5.73 Å². The first-order valence-corrected chi connectivity index (χ1v) is 9.53. The number of fused-ring (bicyclic) bond motifs is 1. The number of hydrogen-bond donors (Lipinski definition) is 1. The van der Waals surface area contributed by atoms with Crippen molar-refractivity contribution >= 4 is 17.3 Å². The Balaban J connectivity index is 1.79. The number of rotatable bonds is 4. The zero-order valence-corrected chi connectivity index (χ0v) is 16.5. The van der Waals surface area contributed by atoms with Gasteiger partial charge in [-0.25, -0.2) is 29.2 Å². The number of pyridine rings is 1. The Morgan fingerprint density at radius 2 is 1.97 bits per heavy atom. The Hall–Kier alpha value is -4.78. The smallest absolute Gasteiger partial charge is 0.223 e. The molecule has 154 valence electrons. The van der Waals surface area contributed by atoms with Crippen LogP contribution in [0.25, 0.3) is 33.0 Å². The Morgan fingerprint density at radius 3 is 2.75 bits per heavy atom. The van der Waals surface area contributed by atoms with E-state index in [0.29, 0.717) is 40.4 Å². The molecular formula is C22H14FN9. The summed E-state index contributed by atoms with van der Waals surface area (Å²) in [5, 5.41) is 4.46. The second kappa shape index (κ2) is 7.81. The third-order valence-corrected chi connectivity index (χ3v) is 4.77. The lowest BCUT2D eigenvalue weighted by Crippen LogP contribution is -2.07. The Bertz CT molecular complexity index is 1490. The largest absolute Gasteiger partial charge is 0.368 e. The molecule has 0 aliphatic carbocycles. The lowest BCUT2D eigenvalue weighted by atomic mass is 10.0. The SMILES string of the molecule is [C-]#[N+]c1cccc(-c2nc(N)n3nc(Cc4ccccn4)nc3c2-c2ncncc2F)c1. The minimum atomic E-state index is -0.641. The van der Waals surface area contributed by atoms with Crippen LogP contribution in [0.2, 0.25) is 0 Å². The summed E-state index contributed by atoms with van der Waals surface area (Å²) in [6.45, 7) is 7.31. The van der Waals surface area contributed by atoms with Gasteiger partial charge in [0.15, 0.2) is 23.0 Å². The second-order valence-electron chi connectivity index (χ2n) is 6.84. The van der Waals surface area contributed by atoms with E-state index in [9.17, 15) is 4.39 Å². The van der Waals surface area contributed by atoms with E-state index in [0.717, 1.165) is 11.9 Å². The number of nitrogens with two attached hydrogens (primary N) is 1. The summed E-state index contributed by atoms with van der Waals surface area (Å²) in [7, 11) is 0. The minimum absolute atomic E-state index is 0.0116. The fourth-order valence-electron chi connectivity index (χ4n) is 3.39. The molecule has 9 nitrogen and oxygen atoms in total. The van der Waals surface area contributed by atoms with Gasteiger partial charge >= 0.3 is 0 Å². The second-order valence-corrected chi connectivity index (χ2v) is 6.84. The molecule has 0 radical (unpaired) electrons. The van der Waals surface area contributed by atoms with Gasteiger partial charge in [-0.2, -0.15) is 4.52 Å². The summed E-state index contributed by atoms with van der Waals surface area (Å²) in [5.74, 6) is -0.126. The van der Waals surface area contributed by atoms with Crippen LogP contribution < -0.4 is 5.73 Å². The van der Waals surface area contributed by atoms with E-state index < -0.39 is 5.82 Å². The first-order chi connectivity index (χ1) is 15.6.